The molecule has 2 rings (SSSR count). The number of esters is 1. The number of hydrogen-bond acceptors (Lipinski definition) is 6. The van der Waals surface area contributed by atoms with E-state index in [1.165, 1.54) is 38.3 Å². The maximum Gasteiger partial charge on any atom is 0.321 e. The van der Waals surface area contributed by atoms with Gasteiger partial charge in [-0.2, -0.15) is 4.72 Å². The third kappa shape index (κ3) is 5.35. The maximum absolute atomic E-state index is 13.6. The molecule has 0 amide bonds. The highest BCUT2D eigenvalue weighted by Gasteiger charge is 2.23. The Morgan fingerprint density at radius 3 is 2.33 bits per heavy atom. The Morgan fingerprint density at radius 1 is 1.11 bits per heavy atom. The Labute approximate surface area is 156 Å². The molecule has 0 fully saturated rings. The molecule has 0 radical (unpaired) electrons. The normalized spacial score (nSPS) is 12.3. The van der Waals surface area contributed by atoms with Crippen molar-refractivity contribution in [1.29, 1.82) is 0 Å². The molecule has 1 N–H and O–H groups in total. The summed E-state index contributed by atoms with van der Waals surface area (Å²) in [6.07, 6.45) is -1.12. The van der Waals surface area contributed by atoms with E-state index in [1.54, 1.807) is 12.1 Å². The van der Waals surface area contributed by atoms with Crippen LogP contribution in [0.5, 0.6) is 5.75 Å². The number of ether oxygens (including phenoxy) is 2. The molecule has 0 saturated heterocycles. The van der Waals surface area contributed by atoms with Crippen LogP contribution in [0.4, 0.5) is 4.39 Å². The van der Waals surface area contributed by atoms with Crippen molar-refractivity contribution in [2.75, 3.05) is 13.7 Å². The topological polar surface area (TPSA) is 98.8 Å². The summed E-state index contributed by atoms with van der Waals surface area (Å²) in [6.45, 7) is 0.632. The van der Waals surface area contributed by atoms with Gasteiger partial charge in [-0.1, -0.05) is 12.1 Å². The molecular weight excluding hydrogens is 377 g/mol. The number of sulfonamides is 1. The van der Waals surface area contributed by atoms with Gasteiger partial charge in [0.15, 0.2) is 6.10 Å². The second-order valence-electron chi connectivity index (χ2n) is 5.48. The zero-order chi connectivity index (χ0) is 20.0. The fraction of sp³-hybridized carbons (Fsp3) is 0.222. The van der Waals surface area contributed by atoms with E-state index in [4.69, 9.17) is 9.47 Å². The highest BCUT2D eigenvalue weighted by molar-refractivity contribution is 7.89. The first-order valence-corrected chi connectivity index (χ1v) is 9.35. The average Bonchev–Trinajstić information content (AvgIpc) is 2.66. The van der Waals surface area contributed by atoms with Crippen LogP contribution in [-0.2, 0) is 19.6 Å². The molecule has 0 unspecified atom stereocenters. The number of benzene rings is 2. The van der Waals surface area contributed by atoms with Gasteiger partial charge in [0.2, 0.25) is 15.8 Å². The number of carbonyl (C=O) groups excluding carboxylic acids is 2. The molecule has 2 aromatic carbocycles. The summed E-state index contributed by atoms with van der Waals surface area (Å²) in [5.74, 6) is -1.80. The van der Waals surface area contributed by atoms with Crippen molar-refractivity contribution in [3.05, 3.63) is 59.9 Å². The van der Waals surface area contributed by atoms with Crippen molar-refractivity contribution in [3.8, 4) is 5.75 Å². The molecule has 1 atom stereocenters. The fourth-order valence-electron chi connectivity index (χ4n) is 2.18. The highest BCUT2D eigenvalue weighted by Crippen LogP contribution is 2.14. The van der Waals surface area contributed by atoms with Gasteiger partial charge < -0.3 is 9.47 Å². The van der Waals surface area contributed by atoms with Gasteiger partial charge >= 0.3 is 5.97 Å². The molecule has 27 heavy (non-hydrogen) atoms. The van der Waals surface area contributed by atoms with Crippen LogP contribution in [0, 0.1) is 5.82 Å². The third-order valence-electron chi connectivity index (χ3n) is 3.58. The molecular formula is C18H18FNO6S. The molecule has 0 aliphatic heterocycles. The molecule has 7 nitrogen and oxygen atoms in total. The Balaban J connectivity index is 1.94. The van der Waals surface area contributed by atoms with E-state index in [0.717, 1.165) is 12.1 Å². The molecule has 0 aliphatic carbocycles. The summed E-state index contributed by atoms with van der Waals surface area (Å²) in [7, 11) is -2.74. The molecule has 0 aromatic heterocycles. The van der Waals surface area contributed by atoms with E-state index in [0.29, 0.717) is 11.3 Å². The van der Waals surface area contributed by atoms with Crippen molar-refractivity contribution >= 4 is 21.8 Å². The van der Waals surface area contributed by atoms with Gasteiger partial charge in [-0.25, -0.2) is 12.8 Å². The van der Waals surface area contributed by atoms with Crippen LogP contribution in [0.25, 0.3) is 0 Å². The smallest absolute Gasteiger partial charge is 0.321 e. The second kappa shape index (κ2) is 8.74. The first-order chi connectivity index (χ1) is 12.7. The Bertz CT molecular complexity index is 927. The zero-order valence-electron chi connectivity index (χ0n) is 14.6. The largest absolute Gasteiger partial charge is 0.497 e. The van der Waals surface area contributed by atoms with Crippen LogP contribution in [-0.4, -0.2) is 39.9 Å². The van der Waals surface area contributed by atoms with Gasteiger partial charge in [-0.05, 0) is 43.3 Å². The maximum atomic E-state index is 13.6. The van der Waals surface area contributed by atoms with Crippen LogP contribution in [0.2, 0.25) is 0 Å². The lowest BCUT2D eigenvalue weighted by atomic mass is 10.1. The number of halogens is 1. The minimum atomic E-state index is -4.23. The summed E-state index contributed by atoms with van der Waals surface area (Å²) in [4.78, 5) is 23.5. The Hall–Kier alpha value is -2.78. The van der Waals surface area contributed by atoms with Crippen molar-refractivity contribution in [3.63, 3.8) is 0 Å². The van der Waals surface area contributed by atoms with E-state index < -0.39 is 45.1 Å². The van der Waals surface area contributed by atoms with E-state index in [-0.39, 0.29) is 0 Å². The van der Waals surface area contributed by atoms with E-state index in [9.17, 15) is 22.4 Å². The number of carbonyl (C=O) groups is 2. The summed E-state index contributed by atoms with van der Waals surface area (Å²) in [6, 6.07) is 11.0. The standard InChI is InChI=1S/C18H18FNO6S/c1-12(18(22)13-7-9-14(25-2)10-8-13)26-17(21)11-20-27(23,24)16-6-4-3-5-15(16)19/h3-10,12,20H,11H2,1-2H3/t12-/m1/s1. The predicted molar refractivity (Wildman–Crippen MR) is 94.5 cm³/mol. The summed E-state index contributed by atoms with van der Waals surface area (Å²) in [5.41, 5.74) is 0.308. The van der Waals surface area contributed by atoms with Gasteiger partial charge in [0.1, 0.15) is 23.0 Å². The van der Waals surface area contributed by atoms with E-state index >= 15 is 0 Å². The number of hydrogen-bond donors (Lipinski definition) is 1. The van der Waals surface area contributed by atoms with Crippen LogP contribution in [0.3, 0.4) is 0 Å². The minimum absolute atomic E-state index is 0.308. The number of Topliss-reactive ketones (excluding diaryl/α,β-unsaturated/α-hetero) is 1. The van der Waals surface area contributed by atoms with Gasteiger partial charge in [0, 0.05) is 5.56 Å². The van der Waals surface area contributed by atoms with Crippen LogP contribution >= 0.6 is 0 Å². The average molecular weight is 395 g/mol. The van der Waals surface area contributed by atoms with Gasteiger partial charge in [0.05, 0.1) is 7.11 Å². The van der Waals surface area contributed by atoms with Crippen molar-refractivity contribution < 1.29 is 31.9 Å². The Morgan fingerprint density at radius 2 is 1.74 bits per heavy atom. The van der Waals surface area contributed by atoms with Gasteiger partial charge in [-0.15, -0.1) is 0 Å². The third-order valence-corrected chi connectivity index (χ3v) is 5.02. The molecule has 2 aromatic rings. The fourth-order valence-corrected chi connectivity index (χ4v) is 3.22. The van der Waals surface area contributed by atoms with Crippen molar-refractivity contribution in [2.24, 2.45) is 0 Å². The number of ketones is 1. The summed E-state index contributed by atoms with van der Waals surface area (Å²) >= 11 is 0. The predicted octanol–water partition coefficient (Wildman–Crippen LogP) is 1.93. The Kier molecular flexibility index (Phi) is 6.65. The van der Waals surface area contributed by atoms with Gasteiger partial charge in [0.25, 0.3) is 0 Å². The summed E-state index contributed by atoms with van der Waals surface area (Å²) in [5, 5.41) is 0. The summed E-state index contributed by atoms with van der Waals surface area (Å²) < 4.78 is 49.5. The van der Waals surface area contributed by atoms with E-state index in [1.807, 2.05) is 4.72 Å². The number of nitrogens with one attached hydrogen (secondary N) is 1. The second-order valence-corrected chi connectivity index (χ2v) is 7.22. The van der Waals surface area contributed by atoms with Crippen molar-refractivity contribution in [2.45, 2.75) is 17.9 Å². The molecule has 0 saturated carbocycles. The molecule has 0 spiro atoms. The molecule has 9 heteroatoms. The minimum Gasteiger partial charge on any atom is -0.497 e. The molecule has 0 heterocycles. The molecule has 0 bridgehead atoms. The lowest BCUT2D eigenvalue weighted by Gasteiger charge is -2.13. The lowest BCUT2D eigenvalue weighted by molar-refractivity contribution is -0.144. The number of rotatable bonds is 8. The van der Waals surface area contributed by atoms with Gasteiger partial charge in [-0.3, -0.25) is 9.59 Å². The first-order valence-electron chi connectivity index (χ1n) is 7.86. The highest BCUT2D eigenvalue weighted by atomic mass is 32.2. The monoisotopic (exact) mass is 395 g/mol. The molecule has 144 valence electrons. The quantitative estimate of drug-likeness (QED) is 0.542. The SMILES string of the molecule is COc1ccc(C(=O)[C@@H](C)OC(=O)CNS(=O)(=O)c2ccccc2F)cc1. The molecule has 0 aliphatic rings. The number of methoxy groups -OCH3 is 1. The van der Waals surface area contributed by atoms with Crippen LogP contribution < -0.4 is 9.46 Å². The van der Waals surface area contributed by atoms with E-state index in [2.05, 4.69) is 0 Å². The zero-order valence-corrected chi connectivity index (χ0v) is 15.5. The van der Waals surface area contributed by atoms with Crippen LogP contribution in [0.15, 0.2) is 53.4 Å². The lowest BCUT2D eigenvalue weighted by Crippen LogP contribution is -2.34. The van der Waals surface area contributed by atoms with Crippen LogP contribution in [0.1, 0.15) is 17.3 Å². The van der Waals surface area contributed by atoms with Crippen molar-refractivity contribution in [1.82, 2.24) is 4.72 Å². The first kappa shape index (κ1) is 20.5.